The largest absolute Gasteiger partial charge is 0.374 e. The molecule has 2 aromatic carbocycles. The Balaban J connectivity index is 1.58. The van der Waals surface area contributed by atoms with E-state index in [1.165, 1.54) is 12.1 Å². The number of halogens is 2. The molecule has 2 aliphatic rings. The molecule has 0 spiro atoms. The zero-order chi connectivity index (χ0) is 22.6. The topological polar surface area (TPSA) is 67.9 Å². The molecule has 0 aromatic heterocycles. The van der Waals surface area contributed by atoms with Crippen LogP contribution in [0, 0.1) is 5.92 Å². The van der Waals surface area contributed by atoms with Crippen LogP contribution in [0.15, 0.2) is 72.8 Å². The van der Waals surface area contributed by atoms with Gasteiger partial charge in [-0.2, -0.15) is 0 Å². The van der Waals surface area contributed by atoms with E-state index in [1.807, 2.05) is 30.3 Å². The van der Waals surface area contributed by atoms with Crippen LogP contribution in [0.25, 0.3) is 0 Å². The minimum Gasteiger partial charge on any atom is -0.374 e. The molecular weight excluding hydrogens is 418 g/mol. The molecule has 0 radical (unpaired) electrons. The lowest BCUT2D eigenvalue weighted by Crippen LogP contribution is -2.53. The molecular formula is C24H24F2N2O4. The van der Waals surface area contributed by atoms with Crippen LogP contribution in [0.5, 0.6) is 0 Å². The molecule has 0 bridgehead atoms. The first-order valence-corrected chi connectivity index (χ1v) is 10.4. The number of hydrogen-bond acceptors (Lipinski definition) is 4. The second-order valence-electron chi connectivity index (χ2n) is 7.72. The number of urea groups is 1. The second kappa shape index (κ2) is 9.58. The van der Waals surface area contributed by atoms with Crippen LogP contribution < -0.4 is 5.32 Å². The first-order valence-electron chi connectivity index (χ1n) is 10.4. The van der Waals surface area contributed by atoms with Gasteiger partial charge in [0.2, 0.25) is 0 Å². The SMILES string of the molecule is O=C(c1ccccc1)C1C(COCc2ccccc2)OC(N2CC=CCNC2=O)C1(F)F. The molecule has 3 atom stereocenters. The van der Waals surface area contributed by atoms with Crippen molar-refractivity contribution in [2.75, 3.05) is 19.7 Å². The molecule has 8 heteroatoms. The Kier molecular flexibility index (Phi) is 6.62. The fourth-order valence-corrected chi connectivity index (χ4v) is 3.95. The quantitative estimate of drug-likeness (QED) is 0.525. The zero-order valence-electron chi connectivity index (χ0n) is 17.3. The third-order valence-corrected chi connectivity index (χ3v) is 5.54. The average molecular weight is 442 g/mol. The van der Waals surface area contributed by atoms with Gasteiger partial charge in [-0.25, -0.2) is 13.6 Å². The molecule has 2 amide bonds. The highest BCUT2D eigenvalue weighted by Crippen LogP contribution is 2.44. The lowest BCUT2D eigenvalue weighted by molar-refractivity contribution is -0.141. The number of rotatable bonds is 7. The standard InChI is InChI=1S/C24H24F2N2O4/c25-24(26)20(21(29)18-11-5-2-6-12-18)19(16-31-15-17-9-3-1-4-10-17)32-22(24)28-14-8-7-13-27-23(28)30/h1-12,19-20,22H,13-16H2,(H,27,30). The van der Waals surface area contributed by atoms with Gasteiger partial charge in [0.25, 0.3) is 0 Å². The summed E-state index contributed by atoms with van der Waals surface area (Å²) in [5, 5.41) is 2.54. The number of ether oxygens (including phenoxy) is 2. The number of amides is 2. The summed E-state index contributed by atoms with van der Waals surface area (Å²) in [6.07, 6.45) is 0.197. The van der Waals surface area contributed by atoms with Crippen molar-refractivity contribution >= 4 is 11.8 Å². The van der Waals surface area contributed by atoms with E-state index in [0.717, 1.165) is 10.5 Å². The highest BCUT2D eigenvalue weighted by Gasteiger charge is 2.64. The van der Waals surface area contributed by atoms with E-state index >= 15 is 8.78 Å². The minimum absolute atomic E-state index is 0.0457. The predicted octanol–water partition coefficient (Wildman–Crippen LogP) is 3.64. The van der Waals surface area contributed by atoms with Crippen LogP contribution in [0.3, 0.4) is 0 Å². The normalized spacial score (nSPS) is 24.8. The van der Waals surface area contributed by atoms with E-state index in [1.54, 1.807) is 30.4 Å². The molecule has 1 saturated heterocycles. The van der Waals surface area contributed by atoms with Gasteiger partial charge in [-0.1, -0.05) is 72.8 Å². The number of nitrogens with zero attached hydrogens (tertiary/aromatic N) is 1. The number of alkyl halides is 2. The molecule has 32 heavy (non-hydrogen) atoms. The Morgan fingerprint density at radius 3 is 2.50 bits per heavy atom. The fourth-order valence-electron chi connectivity index (χ4n) is 3.95. The molecule has 2 aromatic rings. The first kappa shape index (κ1) is 22.1. The van der Waals surface area contributed by atoms with E-state index in [-0.39, 0.29) is 31.9 Å². The highest BCUT2D eigenvalue weighted by molar-refractivity contribution is 5.99. The van der Waals surface area contributed by atoms with Crippen LogP contribution in [-0.2, 0) is 16.1 Å². The Morgan fingerprint density at radius 2 is 1.78 bits per heavy atom. The van der Waals surface area contributed by atoms with Gasteiger partial charge in [-0.15, -0.1) is 0 Å². The number of ketones is 1. The molecule has 4 rings (SSSR count). The van der Waals surface area contributed by atoms with Crippen LogP contribution in [-0.4, -0.2) is 54.7 Å². The summed E-state index contributed by atoms with van der Waals surface area (Å²) in [6.45, 7) is 0.172. The van der Waals surface area contributed by atoms with Gasteiger partial charge >= 0.3 is 12.0 Å². The number of benzene rings is 2. The maximum Gasteiger partial charge on any atom is 0.320 e. The van der Waals surface area contributed by atoms with Gasteiger partial charge in [0.1, 0.15) is 5.92 Å². The van der Waals surface area contributed by atoms with E-state index in [9.17, 15) is 9.59 Å². The van der Waals surface area contributed by atoms with Crippen molar-refractivity contribution in [3.63, 3.8) is 0 Å². The van der Waals surface area contributed by atoms with Crippen molar-refractivity contribution in [3.05, 3.63) is 83.9 Å². The highest BCUT2D eigenvalue weighted by atomic mass is 19.3. The van der Waals surface area contributed by atoms with E-state index in [0.29, 0.717) is 0 Å². The fraction of sp³-hybridized carbons (Fsp3) is 0.333. The molecule has 3 unspecified atom stereocenters. The van der Waals surface area contributed by atoms with Crippen LogP contribution in [0.4, 0.5) is 13.6 Å². The number of Topliss-reactive ketones (excluding diaryl/α,β-unsaturated/α-hetero) is 1. The predicted molar refractivity (Wildman–Crippen MR) is 113 cm³/mol. The molecule has 0 aliphatic carbocycles. The number of carbonyl (C=O) groups excluding carboxylic acids is 2. The smallest absolute Gasteiger partial charge is 0.320 e. The van der Waals surface area contributed by atoms with Crippen molar-refractivity contribution in [2.24, 2.45) is 5.92 Å². The summed E-state index contributed by atoms with van der Waals surface area (Å²) in [7, 11) is 0. The molecule has 1 fully saturated rings. The lowest BCUT2D eigenvalue weighted by atomic mass is 9.88. The van der Waals surface area contributed by atoms with Crippen molar-refractivity contribution in [1.82, 2.24) is 10.2 Å². The van der Waals surface area contributed by atoms with E-state index in [4.69, 9.17) is 9.47 Å². The van der Waals surface area contributed by atoms with E-state index < -0.39 is 36.0 Å². The lowest BCUT2D eigenvalue weighted by Gasteiger charge is -2.31. The van der Waals surface area contributed by atoms with Crippen molar-refractivity contribution in [2.45, 2.75) is 24.9 Å². The summed E-state index contributed by atoms with van der Waals surface area (Å²) < 4.78 is 42.6. The molecule has 2 aliphatic heterocycles. The van der Waals surface area contributed by atoms with Gasteiger partial charge in [0, 0.05) is 18.7 Å². The van der Waals surface area contributed by atoms with Gasteiger partial charge in [0.05, 0.1) is 19.3 Å². The molecule has 168 valence electrons. The van der Waals surface area contributed by atoms with Gasteiger partial charge < -0.3 is 14.8 Å². The van der Waals surface area contributed by atoms with Crippen LogP contribution in [0.2, 0.25) is 0 Å². The monoisotopic (exact) mass is 442 g/mol. The maximum absolute atomic E-state index is 15.7. The summed E-state index contributed by atoms with van der Waals surface area (Å²) in [5.74, 6) is -6.13. The van der Waals surface area contributed by atoms with Gasteiger partial charge in [0.15, 0.2) is 12.0 Å². The third-order valence-electron chi connectivity index (χ3n) is 5.54. The maximum atomic E-state index is 15.7. The van der Waals surface area contributed by atoms with Crippen molar-refractivity contribution in [1.29, 1.82) is 0 Å². The molecule has 6 nitrogen and oxygen atoms in total. The summed E-state index contributed by atoms with van der Waals surface area (Å²) >= 11 is 0. The van der Waals surface area contributed by atoms with Crippen molar-refractivity contribution in [3.8, 4) is 0 Å². The first-order chi connectivity index (χ1) is 15.5. The second-order valence-corrected chi connectivity index (χ2v) is 7.72. The number of carbonyl (C=O) groups is 2. The summed E-state index contributed by atoms with van der Waals surface area (Å²) in [4.78, 5) is 26.4. The van der Waals surface area contributed by atoms with Crippen LogP contribution in [0.1, 0.15) is 15.9 Å². The summed E-state index contributed by atoms with van der Waals surface area (Å²) in [5.41, 5.74) is 1.03. The third kappa shape index (κ3) is 4.56. The Morgan fingerprint density at radius 1 is 1.09 bits per heavy atom. The van der Waals surface area contributed by atoms with Crippen molar-refractivity contribution < 1.29 is 27.8 Å². The van der Waals surface area contributed by atoms with Gasteiger partial charge in [-0.05, 0) is 5.56 Å². The number of hydrogen-bond donors (Lipinski definition) is 1. The van der Waals surface area contributed by atoms with Crippen LogP contribution >= 0.6 is 0 Å². The average Bonchev–Trinajstić information content (AvgIpc) is 2.91. The Bertz CT molecular complexity index is 968. The van der Waals surface area contributed by atoms with Gasteiger partial charge in [-0.3, -0.25) is 9.69 Å². The molecule has 1 N–H and O–H groups in total. The molecule has 0 saturated carbocycles. The molecule has 2 heterocycles. The number of nitrogens with one attached hydrogen (secondary N) is 1. The Labute approximate surface area is 184 Å². The minimum atomic E-state index is -3.61. The zero-order valence-corrected chi connectivity index (χ0v) is 17.3. The Hall–Kier alpha value is -3.10. The van der Waals surface area contributed by atoms with E-state index in [2.05, 4.69) is 5.32 Å². The summed E-state index contributed by atoms with van der Waals surface area (Å²) in [6, 6.07) is 16.5.